The lowest BCUT2D eigenvalue weighted by atomic mass is 10.1. The Morgan fingerprint density at radius 2 is 1.80 bits per heavy atom. The van der Waals surface area contributed by atoms with Gasteiger partial charge in [0.25, 0.3) is 0 Å². The summed E-state index contributed by atoms with van der Waals surface area (Å²) in [7, 11) is 0. The molecule has 5 rings (SSSR count). The molecule has 1 aliphatic carbocycles. The van der Waals surface area contributed by atoms with Crippen molar-refractivity contribution in [1.82, 2.24) is 4.90 Å². The molecule has 2 heterocycles. The number of hydrogen-bond donors (Lipinski definition) is 0. The third-order valence-electron chi connectivity index (χ3n) is 5.85. The van der Waals surface area contributed by atoms with Crippen LogP contribution in [0.4, 0.5) is 5.69 Å². The standard InChI is InChI=1S/C23H23ClN2O4/c24-17-3-1-15(2-4-17)13-26(18-5-6-18)23(28)16-11-22(27)25(14-16)19-7-8-20-21(12-19)30-10-9-29-20/h1-4,7-8,12,16,18H,5-6,9-11,13-14H2. The van der Waals surface area contributed by atoms with Crippen LogP contribution >= 0.6 is 11.6 Å². The van der Waals surface area contributed by atoms with E-state index in [1.165, 1.54) is 0 Å². The van der Waals surface area contributed by atoms with Crippen LogP contribution in [0.25, 0.3) is 0 Å². The first-order chi connectivity index (χ1) is 14.6. The number of benzene rings is 2. The Balaban J connectivity index is 1.31. The molecule has 1 atom stereocenters. The molecule has 6 nitrogen and oxygen atoms in total. The molecule has 0 N–H and O–H groups in total. The van der Waals surface area contributed by atoms with E-state index >= 15 is 0 Å². The highest BCUT2D eigenvalue weighted by molar-refractivity contribution is 6.30. The van der Waals surface area contributed by atoms with E-state index in [4.69, 9.17) is 21.1 Å². The molecule has 7 heteroatoms. The zero-order valence-electron chi connectivity index (χ0n) is 16.6. The van der Waals surface area contributed by atoms with Crippen LogP contribution in [-0.4, -0.2) is 42.5 Å². The van der Waals surface area contributed by atoms with Gasteiger partial charge in [-0.1, -0.05) is 23.7 Å². The summed E-state index contributed by atoms with van der Waals surface area (Å²) in [4.78, 5) is 29.7. The quantitative estimate of drug-likeness (QED) is 0.732. The molecule has 0 aromatic heterocycles. The van der Waals surface area contributed by atoms with Gasteiger partial charge in [0, 0.05) is 42.3 Å². The molecule has 2 aromatic rings. The predicted molar refractivity (Wildman–Crippen MR) is 113 cm³/mol. The molecular formula is C23H23ClN2O4. The summed E-state index contributed by atoms with van der Waals surface area (Å²) in [6.07, 6.45) is 2.27. The lowest BCUT2D eigenvalue weighted by molar-refractivity contribution is -0.137. The lowest BCUT2D eigenvalue weighted by Gasteiger charge is -2.26. The second-order valence-electron chi connectivity index (χ2n) is 8.06. The largest absolute Gasteiger partial charge is 0.486 e. The number of amides is 2. The van der Waals surface area contributed by atoms with Crippen LogP contribution in [0.15, 0.2) is 42.5 Å². The maximum absolute atomic E-state index is 13.3. The van der Waals surface area contributed by atoms with Crippen molar-refractivity contribution in [3.63, 3.8) is 0 Å². The maximum Gasteiger partial charge on any atom is 0.228 e. The number of halogens is 1. The van der Waals surface area contributed by atoms with Gasteiger partial charge < -0.3 is 19.3 Å². The molecule has 1 unspecified atom stereocenters. The number of carbonyl (C=O) groups is 2. The second kappa shape index (κ2) is 7.84. The first kappa shape index (κ1) is 19.2. The third-order valence-corrected chi connectivity index (χ3v) is 6.10. The number of fused-ring (bicyclic) bond motifs is 1. The highest BCUT2D eigenvalue weighted by Gasteiger charge is 2.41. The van der Waals surface area contributed by atoms with Gasteiger partial charge in [-0.05, 0) is 42.7 Å². The Kier molecular flexibility index (Phi) is 5.03. The van der Waals surface area contributed by atoms with E-state index in [-0.39, 0.29) is 30.2 Å². The highest BCUT2D eigenvalue weighted by atomic mass is 35.5. The lowest BCUT2D eigenvalue weighted by Crippen LogP contribution is -2.38. The van der Waals surface area contributed by atoms with Gasteiger partial charge in [-0.2, -0.15) is 0 Å². The van der Waals surface area contributed by atoms with Gasteiger partial charge >= 0.3 is 0 Å². The van der Waals surface area contributed by atoms with E-state index in [1.807, 2.05) is 47.4 Å². The smallest absolute Gasteiger partial charge is 0.228 e. The Morgan fingerprint density at radius 3 is 2.53 bits per heavy atom. The Morgan fingerprint density at radius 1 is 1.07 bits per heavy atom. The summed E-state index contributed by atoms with van der Waals surface area (Å²) in [6.45, 7) is 1.96. The molecule has 0 bridgehead atoms. The fourth-order valence-corrected chi connectivity index (χ4v) is 4.24. The molecule has 30 heavy (non-hydrogen) atoms. The van der Waals surface area contributed by atoms with Gasteiger partial charge in [-0.3, -0.25) is 9.59 Å². The van der Waals surface area contributed by atoms with Gasteiger partial charge in [-0.15, -0.1) is 0 Å². The molecule has 2 fully saturated rings. The van der Waals surface area contributed by atoms with Crippen LogP contribution in [0.2, 0.25) is 5.02 Å². The van der Waals surface area contributed by atoms with Crippen molar-refractivity contribution in [3.8, 4) is 11.5 Å². The number of rotatable bonds is 5. The van der Waals surface area contributed by atoms with Gasteiger partial charge in [-0.25, -0.2) is 0 Å². The van der Waals surface area contributed by atoms with Crippen molar-refractivity contribution < 1.29 is 19.1 Å². The number of nitrogens with zero attached hydrogens (tertiary/aromatic N) is 2. The summed E-state index contributed by atoms with van der Waals surface area (Å²) < 4.78 is 11.2. The molecule has 1 saturated heterocycles. The summed E-state index contributed by atoms with van der Waals surface area (Å²) >= 11 is 5.98. The topological polar surface area (TPSA) is 59.1 Å². The fraction of sp³-hybridized carbons (Fsp3) is 0.391. The van der Waals surface area contributed by atoms with E-state index < -0.39 is 0 Å². The Hall–Kier alpha value is -2.73. The fourth-order valence-electron chi connectivity index (χ4n) is 4.12. The molecule has 2 amide bonds. The van der Waals surface area contributed by atoms with Crippen molar-refractivity contribution in [2.75, 3.05) is 24.7 Å². The third kappa shape index (κ3) is 3.84. The van der Waals surface area contributed by atoms with Crippen molar-refractivity contribution in [2.24, 2.45) is 5.92 Å². The van der Waals surface area contributed by atoms with Gasteiger partial charge in [0.15, 0.2) is 11.5 Å². The molecule has 0 spiro atoms. The Labute approximate surface area is 180 Å². The van der Waals surface area contributed by atoms with E-state index in [1.54, 1.807) is 4.90 Å². The predicted octanol–water partition coefficient (Wildman–Crippen LogP) is 3.66. The van der Waals surface area contributed by atoms with E-state index in [9.17, 15) is 9.59 Å². The monoisotopic (exact) mass is 426 g/mol. The van der Waals surface area contributed by atoms with Gasteiger partial charge in [0.1, 0.15) is 13.2 Å². The second-order valence-corrected chi connectivity index (χ2v) is 8.49. The number of carbonyl (C=O) groups excluding carboxylic acids is 2. The van der Waals surface area contributed by atoms with Crippen molar-refractivity contribution in [2.45, 2.75) is 31.8 Å². The van der Waals surface area contributed by atoms with Crippen molar-refractivity contribution in [1.29, 1.82) is 0 Å². The minimum atomic E-state index is -0.335. The number of anilines is 1. The number of ether oxygens (including phenoxy) is 2. The first-order valence-electron chi connectivity index (χ1n) is 10.3. The van der Waals surface area contributed by atoms with Gasteiger partial charge in [0.05, 0.1) is 5.92 Å². The maximum atomic E-state index is 13.3. The van der Waals surface area contributed by atoms with Crippen LogP contribution in [0, 0.1) is 5.92 Å². The first-order valence-corrected chi connectivity index (χ1v) is 10.7. The van der Waals surface area contributed by atoms with Crippen LogP contribution in [0.5, 0.6) is 11.5 Å². The van der Waals surface area contributed by atoms with E-state index in [0.717, 1.165) is 24.1 Å². The molecule has 3 aliphatic rings. The molecule has 0 radical (unpaired) electrons. The summed E-state index contributed by atoms with van der Waals surface area (Å²) in [6, 6.07) is 13.4. The van der Waals surface area contributed by atoms with Crippen molar-refractivity contribution >= 4 is 29.1 Å². The average molecular weight is 427 g/mol. The van der Waals surface area contributed by atoms with E-state index in [2.05, 4.69) is 0 Å². The molecular weight excluding hydrogens is 404 g/mol. The molecule has 156 valence electrons. The zero-order chi connectivity index (χ0) is 20.7. The minimum Gasteiger partial charge on any atom is -0.486 e. The molecule has 1 saturated carbocycles. The summed E-state index contributed by atoms with van der Waals surface area (Å²) in [5.41, 5.74) is 1.79. The van der Waals surface area contributed by atoms with Crippen LogP contribution in [0.3, 0.4) is 0 Å². The van der Waals surface area contributed by atoms with Crippen LogP contribution in [0.1, 0.15) is 24.8 Å². The van der Waals surface area contributed by atoms with Gasteiger partial charge in [0.2, 0.25) is 11.8 Å². The average Bonchev–Trinajstić information content (AvgIpc) is 3.53. The summed E-state index contributed by atoms with van der Waals surface area (Å²) in [5.74, 6) is 1.02. The van der Waals surface area contributed by atoms with Crippen LogP contribution < -0.4 is 14.4 Å². The van der Waals surface area contributed by atoms with Crippen molar-refractivity contribution in [3.05, 3.63) is 53.1 Å². The number of hydrogen-bond acceptors (Lipinski definition) is 4. The summed E-state index contributed by atoms with van der Waals surface area (Å²) in [5, 5.41) is 0.680. The zero-order valence-corrected chi connectivity index (χ0v) is 17.3. The molecule has 2 aromatic carbocycles. The minimum absolute atomic E-state index is 0.0349. The normalized spacial score (nSPS) is 20.4. The SMILES string of the molecule is O=C1CC(C(=O)N(Cc2ccc(Cl)cc2)C2CC2)CN1c1ccc2c(c1)OCCO2. The molecule has 2 aliphatic heterocycles. The Bertz CT molecular complexity index is 974. The van der Waals surface area contributed by atoms with E-state index in [0.29, 0.717) is 42.8 Å². The van der Waals surface area contributed by atoms with Crippen LogP contribution in [-0.2, 0) is 16.1 Å². The highest BCUT2D eigenvalue weighted by Crippen LogP contribution is 2.37.